The van der Waals surface area contributed by atoms with Crippen LogP contribution < -0.4 is 0 Å². The van der Waals surface area contributed by atoms with Gasteiger partial charge in [0.1, 0.15) is 5.60 Å². The van der Waals surface area contributed by atoms with E-state index in [2.05, 4.69) is 9.97 Å². The number of nitrogens with zero attached hydrogens (tertiary/aromatic N) is 2. The summed E-state index contributed by atoms with van der Waals surface area (Å²) in [6.07, 6.45) is 1.57. The molecule has 0 spiro atoms. The Kier molecular flexibility index (Phi) is 3.75. The van der Waals surface area contributed by atoms with Gasteiger partial charge in [0, 0.05) is 12.8 Å². The summed E-state index contributed by atoms with van der Waals surface area (Å²) in [4.78, 5) is 19.8. The van der Waals surface area contributed by atoms with Crippen LogP contribution in [0.3, 0.4) is 0 Å². The van der Waals surface area contributed by atoms with Gasteiger partial charge in [0.15, 0.2) is 11.6 Å². The maximum absolute atomic E-state index is 11.2. The number of carbonyl (C=O) groups excluding carboxylic acids is 1. The van der Waals surface area contributed by atoms with Crippen molar-refractivity contribution in [1.82, 2.24) is 9.97 Å². The summed E-state index contributed by atoms with van der Waals surface area (Å²) in [5.41, 5.74) is 0.746. The minimum Gasteiger partial charge on any atom is -0.368 e. The summed E-state index contributed by atoms with van der Waals surface area (Å²) < 4.78 is 5.56. The SMILES string of the molecule is CCOC(C)(C)c1ncc(C(C)=O)c(C)n1. The number of carbonyl (C=O) groups is 1. The quantitative estimate of drug-likeness (QED) is 0.733. The lowest BCUT2D eigenvalue weighted by molar-refractivity contribution is -0.0209. The van der Waals surface area contributed by atoms with Crippen LogP contribution >= 0.6 is 0 Å². The molecule has 4 heteroatoms. The molecule has 88 valence electrons. The number of Topliss-reactive ketones (excluding diaryl/α,β-unsaturated/α-hetero) is 1. The first-order chi connectivity index (χ1) is 7.38. The highest BCUT2D eigenvalue weighted by Gasteiger charge is 2.24. The molecule has 0 amide bonds. The molecule has 1 rings (SSSR count). The van der Waals surface area contributed by atoms with E-state index in [1.165, 1.54) is 6.92 Å². The van der Waals surface area contributed by atoms with Gasteiger partial charge in [0.25, 0.3) is 0 Å². The van der Waals surface area contributed by atoms with Gasteiger partial charge in [-0.05, 0) is 34.6 Å². The van der Waals surface area contributed by atoms with Gasteiger partial charge in [0.05, 0.1) is 11.3 Å². The Labute approximate surface area is 96.1 Å². The fraction of sp³-hybridized carbons (Fsp3) is 0.583. The van der Waals surface area contributed by atoms with Crippen molar-refractivity contribution in [3.8, 4) is 0 Å². The Hall–Kier alpha value is -1.29. The van der Waals surface area contributed by atoms with Crippen LogP contribution in [0.2, 0.25) is 0 Å². The van der Waals surface area contributed by atoms with E-state index in [4.69, 9.17) is 4.74 Å². The molecule has 0 N–H and O–H groups in total. The van der Waals surface area contributed by atoms with Crippen LogP contribution in [0.15, 0.2) is 6.20 Å². The van der Waals surface area contributed by atoms with Gasteiger partial charge < -0.3 is 4.74 Å². The number of rotatable bonds is 4. The van der Waals surface area contributed by atoms with Crippen molar-refractivity contribution in [3.63, 3.8) is 0 Å². The van der Waals surface area contributed by atoms with Crippen LogP contribution in [0.25, 0.3) is 0 Å². The fourth-order valence-electron chi connectivity index (χ4n) is 1.53. The van der Waals surface area contributed by atoms with Crippen LogP contribution in [0, 0.1) is 6.92 Å². The van der Waals surface area contributed by atoms with Crippen molar-refractivity contribution in [1.29, 1.82) is 0 Å². The Morgan fingerprint density at radius 1 is 1.50 bits per heavy atom. The molecule has 0 unspecified atom stereocenters. The van der Waals surface area contributed by atoms with Gasteiger partial charge in [0.2, 0.25) is 0 Å². The van der Waals surface area contributed by atoms with Crippen LogP contribution in [-0.4, -0.2) is 22.4 Å². The fourth-order valence-corrected chi connectivity index (χ4v) is 1.53. The lowest BCUT2D eigenvalue weighted by Gasteiger charge is -2.23. The Bertz CT molecular complexity index is 400. The van der Waals surface area contributed by atoms with Crippen LogP contribution in [0.5, 0.6) is 0 Å². The number of ether oxygens (including phenoxy) is 1. The molecule has 16 heavy (non-hydrogen) atoms. The number of hydrogen-bond acceptors (Lipinski definition) is 4. The number of aryl methyl sites for hydroxylation is 1. The molecular formula is C12H18N2O2. The third-order valence-electron chi connectivity index (χ3n) is 2.40. The largest absolute Gasteiger partial charge is 0.368 e. The molecule has 0 saturated carbocycles. The molecule has 0 aliphatic carbocycles. The third kappa shape index (κ3) is 2.64. The van der Waals surface area contributed by atoms with Crippen molar-refractivity contribution in [2.75, 3.05) is 6.61 Å². The standard InChI is InChI=1S/C12H18N2O2/c1-6-16-12(4,5)11-13-7-10(9(3)15)8(2)14-11/h7H,6H2,1-5H3. The van der Waals surface area contributed by atoms with Crippen molar-refractivity contribution >= 4 is 5.78 Å². The molecule has 0 aromatic carbocycles. The molecule has 0 saturated heterocycles. The molecule has 0 bridgehead atoms. The van der Waals surface area contributed by atoms with Crippen molar-refractivity contribution in [2.24, 2.45) is 0 Å². The van der Waals surface area contributed by atoms with Gasteiger partial charge >= 0.3 is 0 Å². The Morgan fingerprint density at radius 2 is 2.12 bits per heavy atom. The average Bonchev–Trinajstić information content (AvgIpc) is 2.16. The Balaban J connectivity index is 3.10. The zero-order valence-corrected chi connectivity index (χ0v) is 10.5. The lowest BCUT2D eigenvalue weighted by atomic mass is 10.1. The first kappa shape index (κ1) is 12.8. The summed E-state index contributed by atoms with van der Waals surface area (Å²) in [5, 5.41) is 0. The second-order valence-electron chi connectivity index (χ2n) is 4.19. The number of hydrogen-bond donors (Lipinski definition) is 0. The molecule has 4 nitrogen and oxygen atoms in total. The zero-order valence-electron chi connectivity index (χ0n) is 10.5. The highest BCUT2D eigenvalue weighted by atomic mass is 16.5. The summed E-state index contributed by atoms with van der Waals surface area (Å²) >= 11 is 0. The first-order valence-electron chi connectivity index (χ1n) is 5.37. The van der Waals surface area contributed by atoms with Crippen molar-refractivity contribution in [2.45, 2.75) is 40.2 Å². The molecule has 0 aliphatic rings. The molecule has 0 aliphatic heterocycles. The molecule has 1 heterocycles. The molecular weight excluding hydrogens is 204 g/mol. The first-order valence-corrected chi connectivity index (χ1v) is 5.37. The monoisotopic (exact) mass is 222 g/mol. The maximum Gasteiger partial charge on any atom is 0.163 e. The van der Waals surface area contributed by atoms with Crippen LogP contribution in [0.4, 0.5) is 0 Å². The van der Waals surface area contributed by atoms with Gasteiger partial charge in [-0.25, -0.2) is 9.97 Å². The molecule has 1 aromatic rings. The highest BCUT2D eigenvalue weighted by Crippen LogP contribution is 2.21. The van der Waals surface area contributed by atoms with E-state index in [0.717, 1.165) is 0 Å². The molecule has 1 aromatic heterocycles. The minimum absolute atomic E-state index is 0.0155. The van der Waals surface area contributed by atoms with E-state index >= 15 is 0 Å². The maximum atomic E-state index is 11.2. The van der Waals surface area contributed by atoms with E-state index in [-0.39, 0.29) is 5.78 Å². The number of ketones is 1. The zero-order chi connectivity index (χ0) is 12.3. The lowest BCUT2D eigenvalue weighted by Crippen LogP contribution is -2.25. The summed E-state index contributed by atoms with van der Waals surface area (Å²) in [6.45, 7) is 9.68. The van der Waals surface area contributed by atoms with Gasteiger partial charge in [-0.15, -0.1) is 0 Å². The molecule has 0 radical (unpaired) electrons. The van der Waals surface area contributed by atoms with Gasteiger partial charge in [-0.2, -0.15) is 0 Å². The molecule has 0 fully saturated rings. The second kappa shape index (κ2) is 4.70. The third-order valence-corrected chi connectivity index (χ3v) is 2.40. The topological polar surface area (TPSA) is 52.1 Å². The summed E-state index contributed by atoms with van der Waals surface area (Å²) in [5.74, 6) is 0.593. The van der Waals surface area contributed by atoms with E-state index in [0.29, 0.717) is 23.7 Å². The Morgan fingerprint density at radius 3 is 2.56 bits per heavy atom. The molecule has 0 atom stereocenters. The van der Waals surface area contributed by atoms with E-state index in [1.54, 1.807) is 6.20 Å². The minimum atomic E-state index is -0.519. The predicted molar refractivity (Wildman–Crippen MR) is 61.4 cm³/mol. The average molecular weight is 222 g/mol. The van der Waals surface area contributed by atoms with Gasteiger partial charge in [-0.3, -0.25) is 4.79 Å². The summed E-state index contributed by atoms with van der Waals surface area (Å²) in [7, 11) is 0. The van der Waals surface area contributed by atoms with Crippen molar-refractivity contribution in [3.05, 3.63) is 23.3 Å². The van der Waals surface area contributed by atoms with E-state index in [9.17, 15) is 4.79 Å². The van der Waals surface area contributed by atoms with E-state index in [1.807, 2.05) is 27.7 Å². The second-order valence-corrected chi connectivity index (χ2v) is 4.19. The van der Waals surface area contributed by atoms with Crippen LogP contribution in [-0.2, 0) is 10.3 Å². The van der Waals surface area contributed by atoms with Gasteiger partial charge in [-0.1, -0.05) is 0 Å². The normalized spacial score (nSPS) is 11.6. The van der Waals surface area contributed by atoms with E-state index < -0.39 is 5.60 Å². The number of aromatic nitrogens is 2. The smallest absolute Gasteiger partial charge is 0.163 e. The summed E-state index contributed by atoms with van der Waals surface area (Å²) in [6, 6.07) is 0. The van der Waals surface area contributed by atoms with Crippen molar-refractivity contribution < 1.29 is 9.53 Å². The highest BCUT2D eigenvalue weighted by molar-refractivity contribution is 5.94. The van der Waals surface area contributed by atoms with Crippen LogP contribution in [0.1, 0.15) is 49.6 Å². The predicted octanol–water partition coefficient (Wildman–Crippen LogP) is 2.26.